The minimum absolute atomic E-state index is 0.0601. The number of anilines is 1. The van der Waals surface area contributed by atoms with Crippen LogP contribution >= 0.6 is 0 Å². The fraction of sp³-hybridized carbons (Fsp3) is 0.167. The minimum atomic E-state index is -0.230. The van der Waals surface area contributed by atoms with Gasteiger partial charge in [-0.3, -0.25) is 4.79 Å². The monoisotopic (exact) mass is 386 g/mol. The summed E-state index contributed by atoms with van der Waals surface area (Å²) in [5.41, 5.74) is 6.27. The van der Waals surface area contributed by atoms with Gasteiger partial charge in [0, 0.05) is 11.3 Å². The second-order valence-electron chi connectivity index (χ2n) is 7.17. The van der Waals surface area contributed by atoms with Crippen molar-refractivity contribution >= 4 is 22.7 Å². The van der Waals surface area contributed by atoms with Gasteiger partial charge in [-0.1, -0.05) is 35.4 Å². The van der Waals surface area contributed by atoms with E-state index in [1.54, 1.807) is 18.2 Å². The molecule has 0 aliphatic carbocycles. The van der Waals surface area contributed by atoms with Crippen LogP contribution in [0, 0.1) is 20.8 Å². The van der Waals surface area contributed by atoms with Crippen molar-refractivity contribution in [3.63, 3.8) is 0 Å². The van der Waals surface area contributed by atoms with Gasteiger partial charge < -0.3 is 14.5 Å². The molecule has 0 bridgehead atoms. The standard InChI is InChI=1S/C24H22N2O3/c1-15-4-7-18(8-5-15)24-26-20-13-19(9-11-22(20)29-24)25-23(27)14-28-21-10-6-16(2)12-17(21)3/h4-13H,14H2,1-3H3,(H,25,27). The van der Waals surface area contributed by atoms with E-state index in [0.29, 0.717) is 28.4 Å². The molecular formula is C24H22N2O3. The highest BCUT2D eigenvalue weighted by atomic mass is 16.5. The lowest BCUT2D eigenvalue weighted by atomic mass is 10.1. The zero-order valence-corrected chi connectivity index (χ0v) is 16.7. The van der Waals surface area contributed by atoms with Crippen LogP contribution in [-0.4, -0.2) is 17.5 Å². The van der Waals surface area contributed by atoms with Gasteiger partial charge in [0.1, 0.15) is 11.3 Å². The number of hydrogen-bond donors (Lipinski definition) is 1. The summed E-state index contributed by atoms with van der Waals surface area (Å²) in [6.07, 6.45) is 0. The maximum Gasteiger partial charge on any atom is 0.262 e. The Morgan fingerprint density at radius 3 is 2.48 bits per heavy atom. The highest BCUT2D eigenvalue weighted by molar-refractivity contribution is 5.94. The van der Waals surface area contributed by atoms with E-state index in [1.165, 1.54) is 5.56 Å². The van der Waals surface area contributed by atoms with Crippen LogP contribution in [0.5, 0.6) is 5.75 Å². The number of oxazole rings is 1. The molecule has 0 atom stereocenters. The Hall–Kier alpha value is -3.60. The Morgan fingerprint density at radius 2 is 1.72 bits per heavy atom. The Bertz CT molecular complexity index is 1180. The first kappa shape index (κ1) is 18.7. The number of benzene rings is 3. The third-order valence-corrected chi connectivity index (χ3v) is 4.66. The molecule has 1 heterocycles. The number of nitrogens with zero attached hydrogens (tertiary/aromatic N) is 1. The predicted molar refractivity (Wildman–Crippen MR) is 114 cm³/mol. The first-order chi connectivity index (χ1) is 14.0. The third kappa shape index (κ3) is 4.29. The average molecular weight is 386 g/mol. The van der Waals surface area contributed by atoms with E-state index in [1.807, 2.05) is 63.2 Å². The maximum absolute atomic E-state index is 12.3. The molecule has 4 rings (SSSR count). The van der Waals surface area contributed by atoms with Gasteiger partial charge in [0.05, 0.1) is 0 Å². The van der Waals surface area contributed by atoms with Gasteiger partial charge in [0.15, 0.2) is 12.2 Å². The number of fused-ring (bicyclic) bond motifs is 1. The quantitative estimate of drug-likeness (QED) is 0.496. The number of carbonyl (C=O) groups excluding carboxylic acids is 1. The molecule has 0 unspecified atom stereocenters. The summed E-state index contributed by atoms with van der Waals surface area (Å²) in [7, 11) is 0. The summed E-state index contributed by atoms with van der Waals surface area (Å²) < 4.78 is 11.5. The first-order valence-electron chi connectivity index (χ1n) is 9.45. The molecule has 5 heteroatoms. The highest BCUT2D eigenvalue weighted by Gasteiger charge is 2.11. The van der Waals surface area contributed by atoms with E-state index in [2.05, 4.69) is 10.3 Å². The number of hydrogen-bond acceptors (Lipinski definition) is 4. The lowest BCUT2D eigenvalue weighted by Crippen LogP contribution is -2.20. The largest absolute Gasteiger partial charge is 0.483 e. The first-order valence-corrected chi connectivity index (χ1v) is 9.45. The molecule has 3 aromatic carbocycles. The summed E-state index contributed by atoms with van der Waals surface area (Å²) in [4.78, 5) is 16.8. The topological polar surface area (TPSA) is 64.4 Å². The predicted octanol–water partition coefficient (Wildman–Crippen LogP) is 5.44. The third-order valence-electron chi connectivity index (χ3n) is 4.66. The molecule has 0 saturated heterocycles. The number of rotatable bonds is 5. The van der Waals surface area contributed by atoms with Crippen molar-refractivity contribution in [3.8, 4) is 17.2 Å². The molecule has 0 radical (unpaired) electrons. The van der Waals surface area contributed by atoms with Crippen LogP contribution in [0.4, 0.5) is 5.69 Å². The number of amides is 1. The molecule has 0 fully saturated rings. The summed E-state index contributed by atoms with van der Waals surface area (Å²) in [6.45, 7) is 5.96. The normalized spacial score (nSPS) is 10.9. The Morgan fingerprint density at radius 1 is 0.966 bits per heavy atom. The molecule has 0 spiro atoms. The van der Waals surface area contributed by atoms with E-state index in [-0.39, 0.29) is 12.5 Å². The van der Waals surface area contributed by atoms with Crippen molar-refractivity contribution in [1.82, 2.24) is 4.98 Å². The van der Waals surface area contributed by atoms with Crippen LogP contribution < -0.4 is 10.1 Å². The summed E-state index contributed by atoms with van der Waals surface area (Å²) in [5.74, 6) is 1.04. The van der Waals surface area contributed by atoms with Crippen molar-refractivity contribution < 1.29 is 13.9 Å². The number of carbonyl (C=O) groups is 1. The molecule has 29 heavy (non-hydrogen) atoms. The zero-order chi connectivity index (χ0) is 20.4. The molecule has 0 aliphatic rings. The van der Waals surface area contributed by atoms with Crippen LogP contribution in [-0.2, 0) is 4.79 Å². The van der Waals surface area contributed by atoms with Gasteiger partial charge in [-0.25, -0.2) is 4.98 Å². The zero-order valence-electron chi connectivity index (χ0n) is 16.7. The van der Waals surface area contributed by atoms with Crippen molar-refractivity contribution in [2.75, 3.05) is 11.9 Å². The minimum Gasteiger partial charge on any atom is -0.483 e. The van der Waals surface area contributed by atoms with Crippen LogP contribution in [0.3, 0.4) is 0 Å². The van der Waals surface area contributed by atoms with Crippen molar-refractivity contribution in [2.24, 2.45) is 0 Å². The maximum atomic E-state index is 12.3. The molecule has 4 aromatic rings. The van der Waals surface area contributed by atoms with Crippen molar-refractivity contribution in [3.05, 3.63) is 77.4 Å². The number of ether oxygens (including phenoxy) is 1. The molecule has 1 aromatic heterocycles. The highest BCUT2D eigenvalue weighted by Crippen LogP contribution is 2.26. The lowest BCUT2D eigenvalue weighted by molar-refractivity contribution is -0.118. The molecule has 146 valence electrons. The van der Waals surface area contributed by atoms with E-state index in [4.69, 9.17) is 9.15 Å². The van der Waals surface area contributed by atoms with Crippen LogP contribution in [0.25, 0.3) is 22.6 Å². The molecule has 1 amide bonds. The Labute approximate surface area is 169 Å². The molecular weight excluding hydrogens is 364 g/mol. The van der Waals surface area contributed by atoms with Gasteiger partial charge in [-0.05, 0) is 62.7 Å². The van der Waals surface area contributed by atoms with Gasteiger partial charge >= 0.3 is 0 Å². The van der Waals surface area contributed by atoms with Gasteiger partial charge in [0.2, 0.25) is 5.89 Å². The van der Waals surface area contributed by atoms with Gasteiger partial charge in [0.25, 0.3) is 5.91 Å². The van der Waals surface area contributed by atoms with Crippen LogP contribution in [0.2, 0.25) is 0 Å². The fourth-order valence-electron chi connectivity index (χ4n) is 3.13. The molecule has 1 N–H and O–H groups in total. The SMILES string of the molecule is Cc1ccc(-c2nc3cc(NC(=O)COc4ccc(C)cc4C)ccc3o2)cc1. The van der Waals surface area contributed by atoms with Crippen LogP contribution in [0.15, 0.2) is 65.1 Å². The summed E-state index contributed by atoms with van der Waals surface area (Å²) in [6, 6.07) is 19.3. The number of aromatic nitrogens is 1. The van der Waals surface area contributed by atoms with E-state index in [0.717, 1.165) is 16.7 Å². The lowest BCUT2D eigenvalue weighted by Gasteiger charge is -2.10. The Balaban J connectivity index is 1.45. The van der Waals surface area contributed by atoms with Crippen molar-refractivity contribution in [2.45, 2.75) is 20.8 Å². The van der Waals surface area contributed by atoms with E-state index in [9.17, 15) is 4.79 Å². The fourth-order valence-corrected chi connectivity index (χ4v) is 3.13. The second-order valence-corrected chi connectivity index (χ2v) is 7.17. The average Bonchev–Trinajstić information content (AvgIpc) is 3.11. The molecule has 0 saturated carbocycles. The Kier molecular flexibility index (Phi) is 5.04. The van der Waals surface area contributed by atoms with Crippen LogP contribution in [0.1, 0.15) is 16.7 Å². The van der Waals surface area contributed by atoms with E-state index >= 15 is 0 Å². The number of nitrogens with one attached hydrogen (secondary N) is 1. The smallest absolute Gasteiger partial charge is 0.262 e. The second kappa shape index (κ2) is 7.80. The van der Waals surface area contributed by atoms with E-state index < -0.39 is 0 Å². The van der Waals surface area contributed by atoms with Gasteiger partial charge in [-0.2, -0.15) is 0 Å². The van der Waals surface area contributed by atoms with Crippen molar-refractivity contribution in [1.29, 1.82) is 0 Å². The number of aryl methyl sites for hydroxylation is 3. The van der Waals surface area contributed by atoms with Gasteiger partial charge in [-0.15, -0.1) is 0 Å². The summed E-state index contributed by atoms with van der Waals surface area (Å²) in [5, 5.41) is 2.85. The molecule has 5 nitrogen and oxygen atoms in total. The summed E-state index contributed by atoms with van der Waals surface area (Å²) >= 11 is 0. The molecule has 0 aliphatic heterocycles.